The highest BCUT2D eigenvalue weighted by Crippen LogP contribution is 2.30. The molecule has 3 nitrogen and oxygen atoms in total. The van der Waals surface area contributed by atoms with Gasteiger partial charge in [0.1, 0.15) is 0 Å². The summed E-state index contributed by atoms with van der Waals surface area (Å²) in [6, 6.07) is 0.424. The van der Waals surface area contributed by atoms with Crippen LogP contribution in [0.15, 0.2) is 6.20 Å². The van der Waals surface area contributed by atoms with Crippen molar-refractivity contribution in [2.24, 2.45) is 0 Å². The molecular weight excluding hydrogens is 262 g/mol. The molecule has 0 spiro atoms. The molecule has 0 radical (unpaired) electrons. The molecule has 2 heterocycles. The lowest BCUT2D eigenvalue weighted by Gasteiger charge is -2.30. The van der Waals surface area contributed by atoms with Crippen LogP contribution < -0.4 is 10.2 Å². The molecule has 1 aliphatic rings. The molecule has 1 saturated heterocycles. The van der Waals surface area contributed by atoms with Gasteiger partial charge in [-0.3, -0.25) is 0 Å². The number of nitrogens with one attached hydrogen (secondary N) is 1. The topological polar surface area (TPSA) is 28.2 Å². The van der Waals surface area contributed by atoms with E-state index in [0.717, 1.165) is 24.9 Å². The fourth-order valence-corrected chi connectivity index (χ4v) is 4.07. The molecule has 102 valence electrons. The van der Waals surface area contributed by atoms with Crippen LogP contribution in [0.4, 0.5) is 5.13 Å². The van der Waals surface area contributed by atoms with Gasteiger partial charge in [0.15, 0.2) is 5.13 Å². The van der Waals surface area contributed by atoms with Gasteiger partial charge in [-0.25, -0.2) is 4.98 Å². The molecule has 5 heteroatoms. The third-order valence-electron chi connectivity index (χ3n) is 3.15. The van der Waals surface area contributed by atoms with E-state index in [1.807, 2.05) is 17.5 Å². The Bertz CT molecular complexity index is 367. The standard InChI is InChI=1S/C13H23N3S2/c1-4-5-14-11(3)12-8-15-13(18-12)16-6-7-17-10(2)9-16/h8,10-11,14H,4-7,9H2,1-3H3. The van der Waals surface area contributed by atoms with Gasteiger partial charge in [-0.15, -0.1) is 11.3 Å². The first kappa shape index (κ1) is 14.2. The zero-order chi connectivity index (χ0) is 13.0. The third kappa shape index (κ3) is 3.62. The molecule has 2 rings (SSSR count). The Balaban J connectivity index is 1.96. The monoisotopic (exact) mass is 285 g/mol. The molecule has 1 aliphatic heterocycles. The Labute approximate surface area is 118 Å². The fourth-order valence-electron chi connectivity index (χ4n) is 2.08. The van der Waals surface area contributed by atoms with Crippen molar-refractivity contribution in [1.29, 1.82) is 0 Å². The largest absolute Gasteiger partial charge is 0.346 e. The summed E-state index contributed by atoms with van der Waals surface area (Å²) in [7, 11) is 0. The van der Waals surface area contributed by atoms with Crippen molar-refractivity contribution >= 4 is 28.2 Å². The summed E-state index contributed by atoms with van der Waals surface area (Å²) in [6.45, 7) is 10.1. The van der Waals surface area contributed by atoms with E-state index in [-0.39, 0.29) is 0 Å². The van der Waals surface area contributed by atoms with E-state index in [0.29, 0.717) is 6.04 Å². The summed E-state index contributed by atoms with van der Waals surface area (Å²) in [4.78, 5) is 8.38. The average Bonchev–Trinajstić information content (AvgIpc) is 2.85. The van der Waals surface area contributed by atoms with Gasteiger partial charge in [0.05, 0.1) is 0 Å². The minimum atomic E-state index is 0.424. The van der Waals surface area contributed by atoms with E-state index < -0.39 is 0 Å². The van der Waals surface area contributed by atoms with Gasteiger partial charge in [-0.05, 0) is 19.9 Å². The molecule has 18 heavy (non-hydrogen) atoms. The maximum atomic E-state index is 4.60. The number of anilines is 1. The van der Waals surface area contributed by atoms with Gasteiger partial charge < -0.3 is 10.2 Å². The van der Waals surface area contributed by atoms with Gasteiger partial charge in [0, 0.05) is 41.2 Å². The van der Waals surface area contributed by atoms with E-state index in [2.05, 4.69) is 47.7 Å². The van der Waals surface area contributed by atoms with E-state index in [1.165, 1.54) is 22.2 Å². The minimum Gasteiger partial charge on any atom is -0.346 e. The van der Waals surface area contributed by atoms with Crippen molar-refractivity contribution in [3.63, 3.8) is 0 Å². The Morgan fingerprint density at radius 2 is 2.44 bits per heavy atom. The van der Waals surface area contributed by atoms with Crippen LogP contribution in [-0.4, -0.2) is 35.6 Å². The van der Waals surface area contributed by atoms with Crippen molar-refractivity contribution in [1.82, 2.24) is 10.3 Å². The number of hydrogen-bond acceptors (Lipinski definition) is 5. The van der Waals surface area contributed by atoms with Crippen LogP contribution in [0.5, 0.6) is 0 Å². The smallest absolute Gasteiger partial charge is 0.185 e. The Kier molecular flexibility index (Phi) is 5.33. The molecule has 0 aromatic carbocycles. The van der Waals surface area contributed by atoms with E-state index in [4.69, 9.17) is 0 Å². The van der Waals surface area contributed by atoms with Gasteiger partial charge >= 0.3 is 0 Å². The van der Waals surface area contributed by atoms with Crippen molar-refractivity contribution in [2.75, 3.05) is 30.3 Å². The second-order valence-electron chi connectivity index (χ2n) is 4.85. The predicted octanol–water partition coefficient (Wildman–Crippen LogP) is 3.15. The number of nitrogens with zero attached hydrogens (tertiary/aromatic N) is 2. The Morgan fingerprint density at radius 1 is 1.61 bits per heavy atom. The van der Waals surface area contributed by atoms with E-state index >= 15 is 0 Å². The van der Waals surface area contributed by atoms with E-state index in [1.54, 1.807) is 0 Å². The maximum Gasteiger partial charge on any atom is 0.185 e. The number of hydrogen-bond donors (Lipinski definition) is 1. The number of aromatic nitrogens is 1. The molecule has 0 saturated carbocycles. The quantitative estimate of drug-likeness (QED) is 0.899. The molecule has 1 aromatic rings. The van der Waals surface area contributed by atoms with Gasteiger partial charge in [-0.1, -0.05) is 13.8 Å². The summed E-state index contributed by atoms with van der Waals surface area (Å²) in [6.07, 6.45) is 3.22. The van der Waals surface area contributed by atoms with Gasteiger partial charge in [0.2, 0.25) is 0 Å². The van der Waals surface area contributed by atoms with Crippen molar-refractivity contribution < 1.29 is 0 Å². The molecule has 0 amide bonds. The molecule has 2 unspecified atom stereocenters. The first-order chi connectivity index (χ1) is 8.70. The summed E-state index contributed by atoms with van der Waals surface area (Å²) in [5.41, 5.74) is 0. The van der Waals surface area contributed by atoms with Crippen LogP contribution in [0.2, 0.25) is 0 Å². The molecule has 1 N–H and O–H groups in total. The first-order valence-corrected chi connectivity index (χ1v) is 8.63. The minimum absolute atomic E-state index is 0.424. The maximum absolute atomic E-state index is 4.60. The molecule has 1 fully saturated rings. The predicted molar refractivity (Wildman–Crippen MR) is 83.0 cm³/mol. The summed E-state index contributed by atoms with van der Waals surface area (Å²) < 4.78 is 0. The Hall–Kier alpha value is -0.260. The number of thioether (sulfide) groups is 1. The van der Waals surface area contributed by atoms with Crippen LogP contribution in [-0.2, 0) is 0 Å². The lowest BCUT2D eigenvalue weighted by Crippen LogP contribution is -2.36. The average molecular weight is 285 g/mol. The lowest BCUT2D eigenvalue weighted by molar-refractivity contribution is 0.577. The van der Waals surface area contributed by atoms with Crippen LogP contribution in [0.3, 0.4) is 0 Å². The summed E-state index contributed by atoms with van der Waals surface area (Å²) in [5.74, 6) is 1.22. The second-order valence-corrected chi connectivity index (χ2v) is 7.44. The number of thiazole rings is 1. The zero-order valence-corrected chi connectivity index (χ0v) is 13.1. The lowest BCUT2D eigenvalue weighted by atomic mass is 10.3. The molecular formula is C13H23N3S2. The summed E-state index contributed by atoms with van der Waals surface area (Å²) in [5, 5.41) is 5.44. The van der Waals surface area contributed by atoms with Crippen molar-refractivity contribution in [3.8, 4) is 0 Å². The normalized spacial score (nSPS) is 22.2. The van der Waals surface area contributed by atoms with E-state index in [9.17, 15) is 0 Å². The van der Waals surface area contributed by atoms with Gasteiger partial charge in [-0.2, -0.15) is 11.8 Å². The van der Waals surface area contributed by atoms with Crippen LogP contribution in [0.25, 0.3) is 0 Å². The zero-order valence-electron chi connectivity index (χ0n) is 11.5. The second kappa shape index (κ2) is 6.78. The fraction of sp³-hybridized carbons (Fsp3) is 0.769. The van der Waals surface area contributed by atoms with Gasteiger partial charge in [0.25, 0.3) is 0 Å². The highest BCUT2D eigenvalue weighted by molar-refractivity contribution is 8.00. The number of rotatable bonds is 5. The van der Waals surface area contributed by atoms with Crippen LogP contribution >= 0.6 is 23.1 Å². The van der Waals surface area contributed by atoms with Crippen LogP contribution in [0.1, 0.15) is 38.1 Å². The summed E-state index contributed by atoms with van der Waals surface area (Å²) >= 11 is 3.91. The van der Waals surface area contributed by atoms with Crippen LogP contribution in [0, 0.1) is 0 Å². The third-order valence-corrected chi connectivity index (χ3v) is 5.53. The van der Waals surface area contributed by atoms with Crippen molar-refractivity contribution in [2.45, 2.75) is 38.5 Å². The highest BCUT2D eigenvalue weighted by Gasteiger charge is 2.20. The SMILES string of the molecule is CCCNC(C)c1cnc(N2CCSC(C)C2)s1. The first-order valence-electron chi connectivity index (χ1n) is 6.76. The Morgan fingerprint density at radius 3 is 3.17 bits per heavy atom. The molecule has 0 bridgehead atoms. The molecule has 1 aromatic heterocycles. The highest BCUT2D eigenvalue weighted by atomic mass is 32.2. The molecule has 2 atom stereocenters. The molecule has 0 aliphatic carbocycles. The van der Waals surface area contributed by atoms with Crippen molar-refractivity contribution in [3.05, 3.63) is 11.1 Å².